The van der Waals surface area contributed by atoms with Crippen molar-refractivity contribution in [1.29, 1.82) is 0 Å². The van der Waals surface area contributed by atoms with Crippen molar-refractivity contribution in [3.05, 3.63) is 42.5 Å². The van der Waals surface area contributed by atoms with E-state index in [2.05, 4.69) is 16.0 Å². The summed E-state index contributed by atoms with van der Waals surface area (Å²) >= 11 is 0. The van der Waals surface area contributed by atoms with Crippen LogP contribution in [-0.4, -0.2) is 25.0 Å². The van der Waals surface area contributed by atoms with Crippen LogP contribution < -0.4 is 16.0 Å². The molecule has 3 aromatic rings. The number of fused-ring (bicyclic) bond motifs is 3. The molecule has 118 valence electrons. The fourth-order valence-electron chi connectivity index (χ4n) is 2.41. The fraction of sp³-hybridized carbons (Fsp3) is 0.176. The average Bonchev–Trinajstić information content (AvgIpc) is 2.92. The Balaban J connectivity index is 1.84. The van der Waals surface area contributed by atoms with Gasteiger partial charge in [-0.25, -0.2) is 4.79 Å². The lowest BCUT2D eigenvalue weighted by Crippen LogP contribution is -2.44. The van der Waals surface area contributed by atoms with Crippen molar-refractivity contribution in [2.75, 3.05) is 12.4 Å². The molecular formula is C17H17N3O3. The predicted octanol–water partition coefficient (Wildman–Crippen LogP) is 2.84. The van der Waals surface area contributed by atoms with Crippen molar-refractivity contribution in [2.24, 2.45) is 0 Å². The van der Waals surface area contributed by atoms with Crippen molar-refractivity contribution in [3.63, 3.8) is 0 Å². The van der Waals surface area contributed by atoms with Gasteiger partial charge >= 0.3 is 6.03 Å². The summed E-state index contributed by atoms with van der Waals surface area (Å²) in [4.78, 5) is 23.1. The van der Waals surface area contributed by atoms with Gasteiger partial charge in [0, 0.05) is 23.5 Å². The molecule has 1 atom stereocenters. The van der Waals surface area contributed by atoms with Crippen LogP contribution in [0.2, 0.25) is 0 Å². The summed E-state index contributed by atoms with van der Waals surface area (Å²) < 4.78 is 5.77. The van der Waals surface area contributed by atoms with Gasteiger partial charge in [0.2, 0.25) is 5.91 Å². The summed E-state index contributed by atoms with van der Waals surface area (Å²) in [6.07, 6.45) is 0. The number of imide groups is 1. The molecule has 0 saturated heterocycles. The molecule has 0 aliphatic carbocycles. The van der Waals surface area contributed by atoms with Gasteiger partial charge in [-0.3, -0.25) is 10.1 Å². The number of anilines is 1. The van der Waals surface area contributed by atoms with Gasteiger partial charge in [-0.1, -0.05) is 18.2 Å². The first-order valence-corrected chi connectivity index (χ1v) is 7.29. The van der Waals surface area contributed by atoms with E-state index in [0.29, 0.717) is 0 Å². The highest BCUT2D eigenvalue weighted by Crippen LogP contribution is 2.30. The first-order valence-electron chi connectivity index (χ1n) is 7.29. The van der Waals surface area contributed by atoms with Crippen LogP contribution in [0.15, 0.2) is 46.9 Å². The number of amides is 3. The van der Waals surface area contributed by atoms with Crippen LogP contribution in [0.1, 0.15) is 6.92 Å². The number of carbonyl (C=O) groups is 2. The summed E-state index contributed by atoms with van der Waals surface area (Å²) in [5, 5.41) is 9.67. The van der Waals surface area contributed by atoms with Crippen molar-refractivity contribution in [1.82, 2.24) is 10.6 Å². The van der Waals surface area contributed by atoms with Crippen molar-refractivity contribution < 1.29 is 14.0 Å². The van der Waals surface area contributed by atoms with E-state index in [1.807, 2.05) is 42.5 Å². The molecule has 0 unspecified atom stereocenters. The molecule has 0 aliphatic rings. The average molecular weight is 311 g/mol. The van der Waals surface area contributed by atoms with Crippen LogP contribution in [-0.2, 0) is 4.79 Å². The molecular weight excluding hydrogens is 294 g/mol. The topological polar surface area (TPSA) is 83.4 Å². The maximum Gasteiger partial charge on any atom is 0.321 e. The van der Waals surface area contributed by atoms with Gasteiger partial charge in [-0.15, -0.1) is 0 Å². The maximum atomic E-state index is 11.9. The second kappa shape index (κ2) is 6.00. The van der Waals surface area contributed by atoms with Crippen molar-refractivity contribution >= 4 is 39.6 Å². The van der Waals surface area contributed by atoms with Crippen LogP contribution in [0.25, 0.3) is 21.9 Å². The number of urea groups is 1. The third kappa shape index (κ3) is 2.96. The first-order chi connectivity index (χ1) is 11.1. The molecule has 6 heteroatoms. The molecule has 0 radical (unpaired) electrons. The Bertz CT molecular complexity index is 885. The van der Waals surface area contributed by atoms with Gasteiger partial charge in [0.05, 0.1) is 0 Å². The number of benzene rings is 2. The molecule has 0 spiro atoms. The highest BCUT2D eigenvalue weighted by atomic mass is 16.3. The second-order valence-corrected chi connectivity index (χ2v) is 5.24. The van der Waals surface area contributed by atoms with E-state index < -0.39 is 18.0 Å². The molecule has 1 heterocycles. The number of hydrogen-bond donors (Lipinski definition) is 3. The highest BCUT2D eigenvalue weighted by molar-refractivity contribution is 6.06. The number of hydrogen-bond acceptors (Lipinski definition) is 4. The number of nitrogens with one attached hydrogen (secondary N) is 3. The van der Waals surface area contributed by atoms with E-state index in [1.165, 1.54) is 7.05 Å². The van der Waals surface area contributed by atoms with Crippen LogP contribution in [0.4, 0.5) is 10.5 Å². The smallest absolute Gasteiger partial charge is 0.321 e. The molecule has 2 aromatic carbocycles. The predicted molar refractivity (Wildman–Crippen MR) is 89.4 cm³/mol. The lowest BCUT2D eigenvalue weighted by Gasteiger charge is -2.14. The number of carbonyl (C=O) groups excluding carboxylic acids is 2. The Hall–Kier alpha value is -3.02. The maximum absolute atomic E-state index is 11.9. The lowest BCUT2D eigenvalue weighted by molar-refractivity contribution is -0.120. The highest BCUT2D eigenvalue weighted by Gasteiger charge is 2.15. The van der Waals surface area contributed by atoms with Gasteiger partial charge in [-0.05, 0) is 31.2 Å². The van der Waals surface area contributed by atoms with Crippen molar-refractivity contribution in [2.45, 2.75) is 13.0 Å². The number of furan rings is 1. The Labute approximate surface area is 132 Å². The molecule has 23 heavy (non-hydrogen) atoms. The zero-order chi connectivity index (χ0) is 16.4. The van der Waals surface area contributed by atoms with E-state index in [4.69, 9.17) is 4.42 Å². The minimum Gasteiger partial charge on any atom is -0.456 e. The molecule has 3 rings (SSSR count). The summed E-state index contributed by atoms with van der Waals surface area (Å²) in [6, 6.07) is 12.4. The molecule has 6 nitrogen and oxygen atoms in total. The van der Waals surface area contributed by atoms with Crippen LogP contribution >= 0.6 is 0 Å². The molecule has 3 N–H and O–H groups in total. The third-order valence-corrected chi connectivity index (χ3v) is 3.62. The normalized spacial score (nSPS) is 12.1. The van der Waals surface area contributed by atoms with E-state index >= 15 is 0 Å². The largest absolute Gasteiger partial charge is 0.456 e. The molecule has 3 amide bonds. The summed E-state index contributed by atoms with van der Waals surface area (Å²) in [5.41, 5.74) is 2.40. The van der Waals surface area contributed by atoms with Crippen LogP contribution in [0, 0.1) is 0 Å². The first kappa shape index (κ1) is 14.9. The fourth-order valence-corrected chi connectivity index (χ4v) is 2.41. The van der Waals surface area contributed by atoms with Gasteiger partial charge in [0.25, 0.3) is 0 Å². The van der Waals surface area contributed by atoms with Crippen LogP contribution in [0.5, 0.6) is 0 Å². The molecule has 0 aliphatic heterocycles. The van der Waals surface area contributed by atoms with Gasteiger partial charge in [0.15, 0.2) is 0 Å². The van der Waals surface area contributed by atoms with E-state index in [9.17, 15) is 9.59 Å². The van der Waals surface area contributed by atoms with Crippen LogP contribution in [0.3, 0.4) is 0 Å². The van der Waals surface area contributed by atoms with Crippen molar-refractivity contribution in [3.8, 4) is 0 Å². The molecule has 0 fully saturated rings. The Morgan fingerprint density at radius 2 is 1.78 bits per heavy atom. The summed E-state index contributed by atoms with van der Waals surface area (Å²) in [7, 11) is 1.46. The zero-order valence-electron chi connectivity index (χ0n) is 12.8. The number of rotatable bonds is 3. The van der Waals surface area contributed by atoms with E-state index in [0.717, 1.165) is 27.6 Å². The Morgan fingerprint density at radius 3 is 2.57 bits per heavy atom. The zero-order valence-corrected chi connectivity index (χ0v) is 12.8. The van der Waals surface area contributed by atoms with E-state index in [-0.39, 0.29) is 0 Å². The Kier molecular flexibility index (Phi) is 3.89. The SMILES string of the molecule is CNC(=O)NC(=O)[C@H](C)Nc1ccc2oc3ccccc3c2c1. The minimum absolute atomic E-state index is 0.401. The summed E-state index contributed by atoms with van der Waals surface area (Å²) in [5.74, 6) is -0.401. The minimum atomic E-state index is -0.553. The summed E-state index contributed by atoms with van der Waals surface area (Å²) in [6.45, 7) is 1.69. The monoisotopic (exact) mass is 311 g/mol. The quantitative estimate of drug-likeness (QED) is 0.694. The molecule has 0 saturated carbocycles. The van der Waals surface area contributed by atoms with Gasteiger partial charge in [-0.2, -0.15) is 0 Å². The third-order valence-electron chi connectivity index (χ3n) is 3.62. The standard InChI is InChI=1S/C17H17N3O3/c1-10(16(21)20-17(22)18-2)19-11-7-8-15-13(9-11)12-5-3-4-6-14(12)23-15/h3-10,19H,1-2H3,(H2,18,20,21,22)/t10-/m0/s1. The molecule has 1 aromatic heterocycles. The molecule has 0 bridgehead atoms. The van der Waals surface area contributed by atoms with Gasteiger partial charge in [0.1, 0.15) is 17.2 Å². The lowest BCUT2D eigenvalue weighted by atomic mass is 10.1. The van der Waals surface area contributed by atoms with E-state index in [1.54, 1.807) is 6.92 Å². The Morgan fingerprint density at radius 1 is 1.04 bits per heavy atom. The van der Waals surface area contributed by atoms with Gasteiger partial charge < -0.3 is 15.1 Å². The second-order valence-electron chi connectivity index (χ2n) is 5.24. The number of para-hydroxylation sites is 1.